The van der Waals surface area contributed by atoms with Crippen molar-refractivity contribution in [1.82, 2.24) is 15.1 Å². The van der Waals surface area contributed by atoms with E-state index < -0.39 is 5.54 Å². The minimum absolute atomic E-state index is 0.00806. The fraction of sp³-hybridized carbons (Fsp3) is 0.464. The Morgan fingerprint density at radius 1 is 1.05 bits per heavy atom. The van der Waals surface area contributed by atoms with Crippen LogP contribution < -0.4 is 15.5 Å². The van der Waals surface area contributed by atoms with E-state index in [0.29, 0.717) is 39.1 Å². The van der Waals surface area contributed by atoms with Crippen LogP contribution in [0.25, 0.3) is 0 Å². The molecular weight excluding hydrogens is 470 g/mol. The number of anilines is 2. The van der Waals surface area contributed by atoms with Gasteiger partial charge in [0.05, 0.1) is 12.8 Å². The normalized spacial score (nSPS) is 20.9. The van der Waals surface area contributed by atoms with Crippen molar-refractivity contribution in [3.63, 3.8) is 0 Å². The Bertz CT molecular complexity index is 1130. The number of ether oxygens (including phenoxy) is 1. The van der Waals surface area contributed by atoms with Gasteiger partial charge in [-0.2, -0.15) is 0 Å². The molecule has 9 heteroatoms. The molecule has 1 unspecified atom stereocenters. The molecule has 0 aliphatic carbocycles. The van der Waals surface area contributed by atoms with Gasteiger partial charge in [-0.1, -0.05) is 36.4 Å². The molecule has 3 aliphatic heterocycles. The molecule has 2 aromatic carbocycles. The van der Waals surface area contributed by atoms with Crippen molar-refractivity contribution in [3.05, 3.63) is 60.2 Å². The summed E-state index contributed by atoms with van der Waals surface area (Å²) in [5, 5.41) is 5.93. The van der Waals surface area contributed by atoms with Crippen LogP contribution in [0.15, 0.2) is 54.6 Å². The zero-order valence-electron chi connectivity index (χ0n) is 21.3. The van der Waals surface area contributed by atoms with Crippen molar-refractivity contribution in [2.24, 2.45) is 0 Å². The Balaban J connectivity index is 1.27. The average molecular weight is 506 g/mol. The fourth-order valence-corrected chi connectivity index (χ4v) is 5.57. The number of nitrogens with zero attached hydrogens (tertiary/aromatic N) is 3. The highest BCUT2D eigenvalue weighted by Crippen LogP contribution is 2.39. The summed E-state index contributed by atoms with van der Waals surface area (Å²) in [4.78, 5) is 45.1. The van der Waals surface area contributed by atoms with Gasteiger partial charge in [0.2, 0.25) is 5.91 Å². The average Bonchev–Trinajstić information content (AvgIpc) is 3.53. The van der Waals surface area contributed by atoms with E-state index >= 15 is 0 Å². The lowest BCUT2D eigenvalue weighted by Crippen LogP contribution is -2.58. The number of hydrogen-bond acceptors (Lipinski definition) is 5. The molecule has 0 bridgehead atoms. The number of hydrogen-bond donors (Lipinski definition) is 2. The van der Waals surface area contributed by atoms with Gasteiger partial charge in [-0.15, -0.1) is 0 Å². The molecule has 1 spiro atoms. The number of carbonyl (C=O) groups is 3. The van der Waals surface area contributed by atoms with Gasteiger partial charge < -0.3 is 30.1 Å². The Morgan fingerprint density at radius 2 is 1.78 bits per heavy atom. The minimum Gasteiger partial charge on any atom is -0.376 e. The third kappa shape index (κ3) is 5.27. The second-order valence-electron chi connectivity index (χ2n) is 10.1. The van der Waals surface area contributed by atoms with Crippen LogP contribution in [0.3, 0.4) is 0 Å². The van der Waals surface area contributed by atoms with E-state index in [4.69, 9.17) is 4.74 Å². The van der Waals surface area contributed by atoms with Crippen molar-refractivity contribution in [2.75, 3.05) is 49.7 Å². The van der Waals surface area contributed by atoms with Gasteiger partial charge in [0.25, 0.3) is 5.91 Å². The van der Waals surface area contributed by atoms with Crippen LogP contribution in [0.1, 0.15) is 31.2 Å². The lowest BCUT2D eigenvalue weighted by atomic mass is 9.85. The van der Waals surface area contributed by atoms with Crippen LogP contribution in [-0.4, -0.2) is 78.7 Å². The summed E-state index contributed by atoms with van der Waals surface area (Å²) in [6.07, 6.45) is 3.01. The summed E-state index contributed by atoms with van der Waals surface area (Å²) >= 11 is 0. The molecule has 3 fully saturated rings. The van der Waals surface area contributed by atoms with Crippen LogP contribution in [0, 0.1) is 6.92 Å². The van der Waals surface area contributed by atoms with Crippen LogP contribution >= 0.6 is 0 Å². The number of rotatable bonds is 6. The largest absolute Gasteiger partial charge is 0.376 e. The molecule has 37 heavy (non-hydrogen) atoms. The highest BCUT2D eigenvalue weighted by atomic mass is 16.5. The predicted octanol–water partition coefficient (Wildman–Crippen LogP) is 2.96. The van der Waals surface area contributed by atoms with Crippen molar-refractivity contribution in [1.29, 1.82) is 0 Å². The number of benzene rings is 2. The molecule has 0 radical (unpaired) electrons. The number of para-hydroxylation sites is 2. The maximum Gasteiger partial charge on any atom is 0.321 e. The van der Waals surface area contributed by atoms with Gasteiger partial charge in [-0.25, -0.2) is 4.79 Å². The fourth-order valence-electron chi connectivity index (χ4n) is 5.57. The third-order valence-electron chi connectivity index (χ3n) is 7.73. The quantitative estimate of drug-likeness (QED) is 0.630. The van der Waals surface area contributed by atoms with E-state index in [1.807, 2.05) is 61.5 Å². The van der Waals surface area contributed by atoms with Gasteiger partial charge in [0.15, 0.2) is 0 Å². The first-order chi connectivity index (χ1) is 18.0. The van der Waals surface area contributed by atoms with Crippen LogP contribution in [0.4, 0.5) is 16.2 Å². The molecule has 5 rings (SSSR count). The van der Waals surface area contributed by atoms with E-state index in [1.165, 1.54) is 0 Å². The second-order valence-corrected chi connectivity index (χ2v) is 10.1. The van der Waals surface area contributed by atoms with E-state index in [1.54, 1.807) is 9.80 Å². The molecule has 2 aromatic rings. The molecule has 0 saturated carbocycles. The van der Waals surface area contributed by atoms with Crippen molar-refractivity contribution >= 4 is 29.2 Å². The van der Waals surface area contributed by atoms with Gasteiger partial charge in [-0.05, 0) is 56.4 Å². The van der Waals surface area contributed by atoms with Crippen molar-refractivity contribution in [2.45, 2.75) is 44.2 Å². The summed E-state index contributed by atoms with van der Waals surface area (Å²) in [7, 11) is 0. The molecule has 3 saturated heterocycles. The second kappa shape index (κ2) is 10.8. The topological polar surface area (TPSA) is 94.2 Å². The Kier molecular flexibility index (Phi) is 7.32. The monoisotopic (exact) mass is 505 g/mol. The summed E-state index contributed by atoms with van der Waals surface area (Å²) in [6, 6.07) is 17.4. The molecule has 196 valence electrons. The van der Waals surface area contributed by atoms with Gasteiger partial charge in [0.1, 0.15) is 12.1 Å². The third-order valence-corrected chi connectivity index (χ3v) is 7.73. The highest BCUT2D eigenvalue weighted by Gasteiger charge is 2.54. The van der Waals surface area contributed by atoms with E-state index in [-0.39, 0.29) is 30.5 Å². The smallest absolute Gasteiger partial charge is 0.321 e. The van der Waals surface area contributed by atoms with Gasteiger partial charge in [0, 0.05) is 37.6 Å². The van der Waals surface area contributed by atoms with Crippen molar-refractivity contribution in [3.8, 4) is 0 Å². The first kappa shape index (κ1) is 25.1. The lowest BCUT2D eigenvalue weighted by Gasteiger charge is -2.43. The predicted molar refractivity (Wildman–Crippen MR) is 141 cm³/mol. The molecule has 2 N–H and O–H groups in total. The number of urea groups is 1. The van der Waals surface area contributed by atoms with Gasteiger partial charge >= 0.3 is 6.03 Å². The molecule has 3 aliphatic rings. The lowest BCUT2D eigenvalue weighted by molar-refractivity contribution is -0.137. The van der Waals surface area contributed by atoms with Crippen molar-refractivity contribution < 1.29 is 19.1 Å². The van der Waals surface area contributed by atoms with E-state index in [0.717, 1.165) is 36.4 Å². The Hall–Kier alpha value is -3.59. The summed E-state index contributed by atoms with van der Waals surface area (Å²) in [5.41, 5.74) is 1.95. The zero-order chi connectivity index (χ0) is 25.8. The van der Waals surface area contributed by atoms with Crippen LogP contribution in [-0.2, 0) is 14.3 Å². The number of aryl methyl sites for hydroxylation is 1. The minimum atomic E-state index is -0.782. The summed E-state index contributed by atoms with van der Waals surface area (Å²) < 4.78 is 5.59. The summed E-state index contributed by atoms with van der Waals surface area (Å²) in [6.45, 7) is 4.41. The zero-order valence-corrected chi connectivity index (χ0v) is 21.3. The number of nitrogens with one attached hydrogen (secondary N) is 2. The van der Waals surface area contributed by atoms with Gasteiger partial charge in [-0.3, -0.25) is 9.59 Å². The first-order valence-corrected chi connectivity index (χ1v) is 13.1. The Labute approximate surface area is 217 Å². The summed E-state index contributed by atoms with van der Waals surface area (Å²) in [5.74, 6) is -0.230. The molecule has 0 aromatic heterocycles. The number of carbonyl (C=O) groups excluding carboxylic acids is 3. The molecule has 1 atom stereocenters. The van der Waals surface area contributed by atoms with E-state index in [2.05, 4.69) is 15.5 Å². The maximum absolute atomic E-state index is 13.8. The van der Waals surface area contributed by atoms with Crippen LogP contribution in [0.2, 0.25) is 0 Å². The molecule has 9 nitrogen and oxygen atoms in total. The molecule has 4 amide bonds. The van der Waals surface area contributed by atoms with Crippen LogP contribution in [0.5, 0.6) is 0 Å². The maximum atomic E-state index is 13.8. The molecular formula is C28H35N5O4. The number of piperidine rings is 1. The van der Waals surface area contributed by atoms with E-state index in [9.17, 15) is 14.4 Å². The first-order valence-electron chi connectivity index (χ1n) is 13.1. The Morgan fingerprint density at radius 3 is 2.49 bits per heavy atom. The highest BCUT2D eigenvalue weighted by molar-refractivity contribution is 5.97. The number of amides is 4. The molecule has 3 heterocycles. The standard InChI is InChI=1S/C28H35N5O4/c1-21-8-5-6-12-24(21)30-27(36)31-15-13-28(14-16-31)26(35)32(20-33(28)22-9-3-2-4-10-22)19-25(34)29-18-23-11-7-17-37-23/h2-6,8-10,12,23H,7,11,13-20H2,1H3,(H,29,34)(H,30,36). The SMILES string of the molecule is Cc1ccccc1NC(=O)N1CCC2(CC1)C(=O)N(CC(=O)NCC1CCCO1)CN2c1ccccc1. The number of likely N-dealkylation sites (tertiary alicyclic amines) is 1.